The van der Waals surface area contributed by atoms with Crippen LogP contribution in [0.5, 0.6) is 0 Å². The lowest BCUT2D eigenvalue weighted by Crippen LogP contribution is -2.57. The smallest absolute Gasteiger partial charge is 0.322 e. The Kier molecular flexibility index (Phi) is 9.69. The molecule has 7 N–H and O–H groups in total. The number of amides is 3. The summed E-state index contributed by atoms with van der Waals surface area (Å²) in [5, 5.41) is 25.0. The van der Waals surface area contributed by atoms with Gasteiger partial charge >= 0.3 is 5.97 Å². The highest BCUT2D eigenvalue weighted by Crippen LogP contribution is 2.08. The molecule has 0 radical (unpaired) electrons. The van der Waals surface area contributed by atoms with Crippen LogP contribution in [0.2, 0.25) is 0 Å². The minimum atomic E-state index is -1.20. The number of nitrogens with two attached hydrogens (primary N) is 1. The zero-order valence-corrected chi connectivity index (χ0v) is 14.9. The number of carboxylic acid groups (broad SMARTS) is 1. The molecular weight excluding hydrogens is 332 g/mol. The first-order valence-corrected chi connectivity index (χ1v) is 8.05. The lowest BCUT2D eigenvalue weighted by atomic mass is 9.98. The first kappa shape index (κ1) is 22.8. The molecule has 0 saturated carbocycles. The molecule has 5 atom stereocenters. The summed E-state index contributed by atoms with van der Waals surface area (Å²) >= 11 is 0. The van der Waals surface area contributed by atoms with Crippen molar-refractivity contribution in [2.24, 2.45) is 11.7 Å². The zero-order chi connectivity index (χ0) is 19.7. The number of carbonyl (C=O) groups is 4. The Morgan fingerprint density at radius 2 is 1.56 bits per heavy atom. The summed E-state index contributed by atoms with van der Waals surface area (Å²) in [6.07, 6.45) is -0.510. The van der Waals surface area contributed by atoms with Gasteiger partial charge < -0.3 is 31.9 Å². The van der Waals surface area contributed by atoms with Gasteiger partial charge in [-0.25, -0.2) is 0 Å². The number of hydrogen-bond donors (Lipinski definition) is 6. The Bertz CT molecular complexity index is 496. The van der Waals surface area contributed by atoms with Crippen LogP contribution in [0.1, 0.15) is 34.1 Å². The van der Waals surface area contributed by atoms with E-state index in [1.54, 1.807) is 6.92 Å². The highest BCUT2D eigenvalue weighted by Gasteiger charge is 2.29. The molecule has 0 bridgehead atoms. The third-order valence-electron chi connectivity index (χ3n) is 3.78. The molecule has 0 aliphatic heterocycles. The van der Waals surface area contributed by atoms with Crippen molar-refractivity contribution in [2.45, 2.75) is 58.3 Å². The van der Waals surface area contributed by atoms with Crippen molar-refractivity contribution in [3.63, 3.8) is 0 Å². The van der Waals surface area contributed by atoms with Gasteiger partial charge in [0.25, 0.3) is 0 Å². The summed E-state index contributed by atoms with van der Waals surface area (Å²) < 4.78 is 0. The molecule has 10 nitrogen and oxygen atoms in total. The molecule has 5 unspecified atom stereocenters. The number of aliphatic hydroxyl groups is 1. The minimum absolute atomic E-state index is 0.250. The lowest BCUT2D eigenvalue weighted by molar-refractivity contribution is -0.139. The third kappa shape index (κ3) is 7.94. The first-order chi connectivity index (χ1) is 11.5. The number of hydrogen-bond acceptors (Lipinski definition) is 6. The fourth-order valence-electron chi connectivity index (χ4n) is 1.85. The zero-order valence-electron chi connectivity index (χ0n) is 14.9. The topological polar surface area (TPSA) is 171 Å². The molecule has 0 aliphatic rings. The van der Waals surface area contributed by atoms with E-state index in [1.807, 2.05) is 6.92 Å². The molecule has 25 heavy (non-hydrogen) atoms. The molecule has 0 saturated heterocycles. The summed E-state index contributed by atoms with van der Waals surface area (Å²) in [5.41, 5.74) is 5.48. The fourth-order valence-corrected chi connectivity index (χ4v) is 1.85. The number of nitrogens with one attached hydrogen (secondary N) is 3. The van der Waals surface area contributed by atoms with E-state index in [1.165, 1.54) is 13.8 Å². The Morgan fingerprint density at radius 1 is 1.00 bits per heavy atom. The molecular formula is C15H28N4O6. The summed E-state index contributed by atoms with van der Waals surface area (Å²) in [6, 6.07) is -3.11. The highest BCUT2D eigenvalue weighted by atomic mass is 16.4. The van der Waals surface area contributed by atoms with Gasteiger partial charge in [-0.15, -0.1) is 0 Å². The van der Waals surface area contributed by atoms with Gasteiger partial charge in [-0.3, -0.25) is 19.2 Å². The fraction of sp³-hybridized carbons (Fsp3) is 0.733. The van der Waals surface area contributed by atoms with Crippen molar-refractivity contribution in [1.82, 2.24) is 16.0 Å². The van der Waals surface area contributed by atoms with E-state index in [4.69, 9.17) is 10.8 Å². The van der Waals surface area contributed by atoms with E-state index in [2.05, 4.69) is 16.0 Å². The SMILES string of the molecule is CCC(C)C(NC(=O)C(C)NC(=O)C(N)C(C)O)C(=O)NCC(=O)O. The second-order valence-corrected chi connectivity index (χ2v) is 5.98. The van der Waals surface area contributed by atoms with Crippen molar-refractivity contribution >= 4 is 23.7 Å². The molecule has 10 heteroatoms. The Balaban J connectivity index is 4.87. The molecule has 0 heterocycles. The highest BCUT2D eigenvalue weighted by molar-refractivity contribution is 5.93. The van der Waals surface area contributed by atoms with Crippen LogP contribution in [-0.4, -0.2) is 64.7 Å². The summed E-state index contributed by atoms with van der Waals surface area (Å²) in [4.78, 5) is 46.6. The molecule has 3 amide bonds. The van der Waals surface area contributed by atoms with Crippen LogP contribution in [-0.2, 0) is 19.2 Å². The second-order valence-electron chi connectivity index (χ2n) is 5.98. The Hall–Kier alpha value is -2.20. The van der Waals surface area contributed by atoms with E-state index < -0.39 is 54.5 Å². The lowest BCUT2D eigenvalue weighted by Gasteiger charge is -2.25. The van der Waals surface area contributed by atoms with Crippen molar-refractivity contribution in [1.29, 1.82) is 0 Å². The van der Waals surface area contributed by atoms with Gasteiger partial charge in [-0.2, -0.15) is 0 Å². The van der Waals surface area contributed by atoms with E-state index in [0.29, 0.717) is 6.42 Å². The predicted molar refractivity (Wildman–Crippen MR) is 89.3 cm³/mol. The van der Waals surface area contributed by atoms with Crippen LogP contribution in [0.15, 0.2) is 0 Å². The first-order valence-electron chi connectivity index (χ1n) is 8.05. The largest absolute Gasteiger partial charge is 0.480 e. The van der Waals surface area contributed by atoms with E-state index in [0.717, 1.165) is 0 Å². The molecule has 0 aromatic rings. The molecule has 0 aromatic heterocycles. The average molecular weight is 360 g/mol. The Labute approximate surface area is 146 Å². The molecule has 0 rings (SSSR count). The maximum absolute atomic E-state index is 12.2. The molecule has 0 spiro atoms. The van der Waals surface area contributed by atoms with Gasteiger partial charge in [-0.1, -0.05) is 20.3 Å². The van der Waals surface area contributed by atoms with Crippen molar-refractivity contribution in [3.8, 4) is 0 Å². The third-order valence-corrected chi connectivity index (χ3v) is 3.78. The summed E-state index contributed by atoms with van der Waals surface area (Å²) in [7, 11) is 0. The van der Waals surface area contributed by atoms with Gasteiger partial charge in [0.1, 0.15) is 24.7 Å². The number of aliphatic carboxylic acids is 1. The van der Waals surface area contributed by atoms with Crippen LogP contribution >= 0.6 is 0 Å². The van der Waals surface area contributed by atoms with Gasteiger partial charge in [-0.05, 0) is 19.8 Å². The van der Waals surface area contributed by atoms with Gasteiger partial charge in [0.15, 0.2) is 0 Å². The van der Waals surface area contributed by atoms with Crippen LogP contribution in [0.25, 0.3) is 0 Å². The summed E-state index contributed by atoms with van der Waals surface area (Å²) in [5.74, 6) is -3.39. The number of aliphatic hydroxyl groups excluding tert-OH is 1. The van der Waals surface area contributed by atoms with Crippen LogP contribution in [0, 0.1) is 5.92 Å². The Morgan fingerprint density at radius 3 is 2.00 bits per heavy atom. The van der Waals surface area contributed by atoms with E-state index in [-0.39, 0.29) is 5.92 Å². The second kappa shape index (κ2) is 10.6. The van der Waals surface area contributed by atoms with Crippen LogP contribution in [0.3, 0.4) is 0 Å². The monoisotopic (exact) mass is 360 g/mol. The molecule has 144 valence electrons. The van der Waals surface area contributed by atoms with E-state index >= 15 is 0 Å². The number of carboxylic acids is 1. The van der Waals surface area contributed by atoms with E-state index in [9.17, 15) is 24.3 Å². The van der Waals surface area contributed by atoms with Gasteiger partial charge in [0, 0.05) is 0 Å². The number of rotatable bonds is 10. The quantitative estimate of drug-likeness (QED) is 0.260. The van der Waals surface area contributed by atoms with Gasteiger partial charge in [0.2, 0.25) is 17.7 Å². The van der Waals surface area contributed by atoms with Crippen molar-refractivity contribution in [2.75, 3.05) is 6.54 Å². The number of carbonyl (C=O) groups excluding carboxylic acids is 3. The molecule has 0 aliphatic carbocycles. The maximum atomic E-state index is 12.2. The normalized spacial score (nSPS) is 16.7. The molecule has 0 aromatic carbocycles. The predicted octanol–water partition coefficient (Wildman–Crippen LogP) is -2.07. The average Bonchev–Trinajstić information content (AvgIpc) is 2.55. The summed E-state index contributed by atoms with van der Waals surface area (Å²) in [6.45, 7) is 5.75. The van der Waals surface area contributed by atoms with Crippen LogP contribution in [0.4, 0.5) is 0 Å². The van der Waals surface area contributed by atoms with Crippen LogP contribution < -0.4 is 21.7 Å². The van der Waals surface area contributed by atoms with Crippen molar-refractivity contribution < 1.29 is 29.4 Å². The maximum Gasteiger partial charge on any atom is 0.322 e. The standard InChI is InChI=1S/C15H28N4O6/c1-5-7(2)12(15(25)17-6-10(21)22)19-13(23)8(3)18-14(24)11(16)9(4)20/h7-9,11-12,20H,5-6,16H2,1-4H3,(H,17,25)(H,18,24)(H,19,23)(H,21,22). The van der Waals surface area contributed by atoms with Gasteiger partial charge in [0.05, 0.1) is 6.10 Å². The molecule has 0 fully saturated rings. The van der Waals surface area contributed by atoms with Crippen molar-refractivity contribution in [3.05, 3.63) is 0 Å². The minimum Gasteiger partial charge on any atom is -0.480 e.